The Hall–Kier alpha value is -2.51. The Morgan fingerprint density at radius 1 is 0.971 bits per heavy atom. The van der Waals surface area contributed by atoms with E-state index < -0.39 is 11.3 Å². The van der Waals surface area contributed by atoms with Crippen molar-refractivity contribution in [2.45, 2.75) is 50.6 Å². The van der Waals surface area contributed by atoms with Gasteiger partial charge >= 0.3 is 0 Å². The molecule has 1 atom stereocenters. The average molecular weight is 479 g/mol. The van der Waals surface area contributed by atoms with Gasteiger partial charge in [-0.15, -0.1) is 0 Å². The Labute approximate surface area is 205 Å². The second-order valence-electron chi connectivity index (χ2n) is 9.03. The van der Waals surface area contributed by atoms with Crippen molar-refractivity contribution >= 4 is 11.3 Å². The average Bonchev–Trinajstić information content (AvgIpc) is 2.88. The van der Waals surface area contributed by atoms with Gasteiger partial charge in [0, 0.05) is 24.5 Å². The van der Waals surface area contributed by atoms with Crippen molar-refractivity contribution in [1.82, 2.24) is 10.0 Å². The Balaban J connectivity index is 1.37. The molecule has 0 saturated heterocycles. The van der Waals surface area contributed by atoms with Crippen LogP contribution < -0.4 is 14.8 Å². The van der Waals surface area contributed by atoms with Crippen molar-refractivity contribution in [3.63, 3.8) is 0 Å². The maximum absolute atomic E-state index is 11.4. The van der Waals surface area contributed by atoms with Crippen molar-refractivity contribution in [3.05, 3.63) is 90.0 Å². The van der Waals surface area contributed by atoms with Crippen LogP contribution in [0, 0.1) is 0 Å². The molecular weight excluding hydrogens is 444 g/mol. The van der Waals surface area contributed by atoms with Gasteiger partial charge in [-0.25, -0.2) is 8.93 Å². The van der Waals surface area contributed by atoms with Gasteiger partial charge in [-0.3, -0.25) is 4.55 Å². The van der Waals surface area contributed by atoms with Crippen molar-refractivity contribution < 1.29 is 13.5 Å². The van der Waals surface area contributed by atoms with E-state index in [0.717, 1.165) is 38.0 Å². The van der Waals surface area contributed by atoms with Gasteiger partial charge in [-0.2, -0.15) is 0 Å². The van der Waals surface area contributed by atoms with Crippen LogP contribution in [0.25, 0.3) is 11.1 Å². The smallest absolute Gasteiger partial charge is 0.231 e. The van der Waals surface area contributed by atoms with Gasteiger partial charge in [0.25, 0.3) is 0 Å². The highest BCUT2D eigenvalue weighted by Crippen LogP contribution is 2.40. The lowest BCUT2D eigenvalue weighted by molar-refractivity contribution is 0.244. The molecule has 180 valence electrons. The molecule has 3 N–H and O–H groups in total. The summed E-state index contributed by atoms with van der Waals surface area (Å²) in [5, 5.41) is 3.73. The zero-order valence-corrected chi connectivity index (χ0v) is 20.5. The SMILES string of the molecule is CCOc1cccc(C2(CNS(=O)O)CCC(NCc3ccc(-c4ccccc4)cc3)CC2)c1. The quantitative estimate of drug-likeness (QED) is 0.339. The molecule has 0 aliphatic heterocycles. The van der Waals surface area contributed by atoms with Crippen molar-refractivity contribution in [2.75, 3.05) is 13.2 Å². The Kier molecular flexibility index (Phi) is 8.51. The van der Waals surface area contributed by atoms with Gasteiger partial charge < -0.3 is 10.1 Å². The molecule has 6 heteroatoms. The molecule has 0 bridgehead atoms. The van der Waals surface area contributed by atoms with E-state index in [-0.39, 0.29) is 5.41 Å². The minimum atomic E-state index is -2.03. The lowest BCUT2D eigenvalue weighted by Gasteiger charge is -2.41. The van der Waals surface area contributed by atoms with E-state index in [1.807, 2.05) is 25.1 Å². The summed E-state index contributed by atoms with van der Waals surface area (Å²) in [6, 6.07) is 27.8. The molecule has 3 aromatic carbocycles. The highest BCUT2D eigenvalue weighted by molar-refractivity contribution is 7.77. The van der Waals surface area contributed by atoms with E-state index in [4.69, 9.17) is 4.74 Å². The van der Waals surface area contributed by atoms with Crippen LogP contribution in [0.5, 0.6) is 5.75 Å². The Morgan fingerprint density at radius 2 is 1.68 bits per heavy atom. The van der Waals surface area contributed by atoms with E-state index in [1.54, 1.807) is 0 Å². The van der Waals surface area contributed by atoms with E-state index in [9.17, 15) is 8.76 Å². The number of hydrogen-bond acceptors (Lipinski definition) is 3. The van der Waals surface area contributed by atoms with Crippen molar-refractivity contribution in [3.8, 4) is 16.9 Å². The van der Waals surface area contributed by atoms with Gasteiger partial charge in [-0.1, -0.05) is 66.7 Å². The predicted octanol–water partition coefficient (Wildman–Crippen LogP) is 5.45. The van der Waals surface area contributed by atoms with E-state index in [1.165, 1.54) is 22.3 Å². The maximum atomic E-state index is 11.4. The summed E-state index contributed by atoms with van der Waals surface area (Å²) in [7, 11) is 0. The lowest BCUT2D eigenvalue weighted by Crippen LogP contribution is -2.45. The molecule has 5 nitrogen and oxygen atoms in total. The second-order valence-corrected chi connectivity index (χ2v) is 9.82. The first kappa shape index (κ1) is 24.6. The minimum absolute atomic E-state index is 0.180. The summed E-state index contributed by atoms with van der Waals surface area (Å²) in [5.41, 5.74) is 4.73. The molecule has 1 fully saturated rings. The highest BCUT2D eigenvalue weighted by atomic mass is 32.2. The monoisotopic (exact) mass is 478 g/mol. The fourth-order valence-electron chi connectivity index (χ4n) is 4.93. The van der Waals surface area contributed by atoms with Crippen LogP contribution in [0.1, 0.15) is 43.7 Å². The summed E-state index contributed by atoms with van der Waals surface area (Å²) in [4.78, 5) is 0. The van der Waals surface area contributed by atoms with Gasteiger partial charge in [0.2, 0.25) is 11.3 Å². The zero-order chi connectivity index (χ0) is 23.8. The van der Waals surface area contributed by atoms with Crippen LogP contribution >= 0.6 is 0 Å². The fourth-order valence-corrected chi connectivity index (χ4v) is 5.33. The molecule has 1 aliphatic carbocycles. The number of nitrogens with one attached hydrogen (secondary N) is 2. The normalized spacial score (nSPS) is 21.2. The van der Waals surface area contributed by atoms with Crippen molar-refractivity contribution in [1.29, 1.82) is 0 Å². The van der Waals surface area contributed by atoms with Crippen molar-refractivity contribution in [2.24, 2.45) is 0 Å². The highest BCUT2D eigenvalue weighted by Gasteiger charge is 2.37. The molecule has 0 amide bonds. The molecular formula is C28H34N2O3S. The van der Waals surface area contributed by atoms with Gasteiger partial charge in [0.05, 0.1) is 6.61 Å². The molecule has 0 spiro atoms. The predicted molar refractivity (Wildman–Crippen MR) is 139 cm³/mol. The van der Waals surface area contributed by atoms with E-state index >= 15 is 0 Å². The fraction of sp³-hybridized carbons (Fsp3) is 0.357. The molecule has 0 heterocycles. The molecule has 1 aliphatic rings. The molecule has 34 heavy (non-hydrogen) atoms. The van der Waals surface area contributed by atoms with Crippen LogP contribution in [0.15, 0.2) is 78.9 Å². The third-order valence-electron chi connectivity index (χ3n) is 6.89. The first-order valence-corrected chi connectivity index (χ1v) is 13.1. The lowest BCUT2D eigenvalue weighted by atomic mass is 9.68. The van der Waals surface area contributed by atoms with Crippen LogP contribution in [0.2, 0.25) is 0 Å². The van der Waals surface area contributed by atoms with Crippen LogP contribution in [-0.4, -0.2) is 28.0 Å². The molecule has 3 aromatic rings. The second kappa shape index (κ2) is 11.8. The van der Waals surface area contributed by atoms with Crippen LogP contribution in [0.3, 0.4) is 0 Å². The minimum Gasteiger partial charge on any atom is -0.494 e. The molecule has 0 radical (unpaired) electrons. The maximum Gasteiger partial charge on any atom is 0.231 e. The van der Waals surface area contributed by atoms with E-state index in [0.29, 0.717) is 19.2 Å². The third kappa shape index (κ3) is 6.33. The molecule has 0 aromatic heterocycles. The summed E-state index contributed by atoms with van der Waals surface area (Å²) in [6.45, 7) is 3.91. The molecule has 4 rings (SSSR count). The topological polar surface area (TPSA) is 70.6 Å². The largest absolute Gasteiger partial charge is 0.494 e. The number of benzene rings is 3. The third-order valence-corrected chi connectivity index (χ3v) is 7.28. The summed E-state index contributed by atoms with van der Waals surface area (Å²) >= 11 is -2.03. The zero-order valence-electron chi connectivity index (χ0n) is 19.7. The van der Waals surface area contributed by atoms with Gasteiger partial charge in [-0.05, 0) is 67.0 Å². The first-order chi connectivity index (χ1) is 16.6. The number of ether oxygens (including phenoxy) is 1. The van der Waals surface area contributed by atoms with Crippen LogP contribution in [-0.2, 0) is 23.2 Å². The summed E-state index contributed by atoms with van der Waals surface area (Å²) < 4.78 is 29.2. The molecule has 1 unspecified atom stereocenters. The Morgan fingerprint density at radius 3 is 2.35 bits per heavy atom. The van der Waals surface area contributed by atoms with Gasteiger partial charge in [0.1, 0.15) is 5.75 Å². The van der Waals surface area contributed by atoms with Crippen LogP contribution in [0.4, 0.5) is 0 Å². The molecule has 1 saturated carbocycles. The number of hydrogen-bond donors (Lipinski definition) is 3. The summed E-state index contributed by atoms with van der Waals surface area (Å²) in [5.74, 6) is 0.851. The van der Waals surface area contributed by atoms with E-state index in [2.05, 4.69) is 70.7 Å². The first-order valence-electron chi connectivity index (χ1n) is 12.0. The summed E-state index contributed by atoms with van der Waals surface area (Å²) in [6.07, 6.45) is 3.91. The van der Waals surface area contributed by atoms with Gasteiger partial charge in [0.15, 0.2) is 0 Å². The standard InChI is InChI=1S/C28H34N2O3S/c1-2-33-27-10-6-9-25(19-27)28(21-30-34(31)32)17-15-26(16-18-28)29-20-22-11-13-24(14-12-22)23-7-4-3-5-8-23/h3-14,19,26,29-30H,2,15-18,20-21H2,1H3,(H,31,32). The Bertz CT molecular complexity index is 1060. The number of rotatable bonds is 10.